The molecule has 1 aromatic heterocycles. The predicted molar refractivity (Wildman–Crippen MR) is 131 cm³/mol. The monoisotopic (exact) mass is 471 g/mol. The van der Waals surface area contributed by atoms with Crippen LogP contribution in [0.5, 0.6) is 5.75 Å². The van der Waals surface area contributed by atoms with Crippen LogP contribution >= 0.6 is 11.6 Å². The van der Waals surface area contributed by atoms with Crippen LogP contribution in [0.15, 0.2) is 90.1 Å². The normalized spacial score (nSPS) is 14.9. The maximum absolute atomic E-state index is 12.5. The topological polar surface area (TPSA) is 95.1 Å². The summed E-state index contributed by atoms with van der Waals surface area (Å²) >= 11 is 6.03. The van der Waals surface area contributed by atoms with Crippen molar-refractivity contribution in [3.05, 3.63) is 106 Å². The summed E-state index contributed by atoms with van der Waals surface area (Å²) in [7, 11) is 0. The van der Waals surface area contributed by atoms with Crippen LogP contribution in [0.3, 0.4) is 0 Å². The molecule has 1 atom stereocenters. The highest BCUT2D eigenvalue weighted by atomic mass is 35.5. The molecular weight excluding hydrogens is 450 g/mol. The molecule has 0 bridgehead atoms. The fourth-order valence-electron chi connectivity index (χ4n) is 4.01. The van der Waals surface area contributed by atoms with Crippen molar-refractivity contribution >= 4 is 23.5 Å². The summed E-state index contributed by atoms with van der Waals surface area (Å²) in [6, 6.07) is 24.3. The number of hydrogen-bond acceptors (Lipinski definition) is 5. The number of halogens is 1. The van der Waals surface area contributed by atoms with E-state index in [9.17, 15) is 4.79 Å². The van der Waals surface area contributed by atoms with E-state index in [4.69, 9.17) is 27.2 Å². The van der Waals surface area contributed by atoms with Crippen molar-refractivity contribution in [2.24, 2.45) is 5.73 Å². The smallest absolute Gasteiger partial charge is 0.248 e. The van der Waals surface area contributed by atoms with E-state index in [2.05, 4.69) is 10.3 Å². The third kappa shape index (κ3) is 4.25. The number of fused-ring (bicyclic) bond motifs is 1. The lowest BCUT2D eigenvalue weighted by Gasteiger charge is -2.27. The first-order chi connectivity index (χ1) is 16.5. The summed E-state index contributed by atoms with van der Waals surface area (Å²) in [5.74, 6) is 1.19. The quantitative estimate of drug-likeness (QED) is 0.414. The SMILES string of the molecule is CC1=C(C(N)=O)C(c2cccc(OCc3ccccc3)c2)n2nc(-c3ccc(Cl)cc3)nc2N1. The van der Waals surface area contributed by atoms with Gasteiger partial charge in [0, 0.05) is 16.3 Å². The van der Waals surface area contributed by atoms with Gasteiger partial charge in [-0.2, -0.15) is 4.98 Å². The number of anilines is 1. The molecule has 0 fully saturated rings. The zero-order valence-electron chi connectivity index (χ0n) is 18.4. The Morgan fingerprint density at radius 3 is 2.59 bits per heavy atom. The molecule has 1 aliphatic rings. The second-order valence-electron chi connectivity index (χ2n) is 7.99. The average Bonchev–Trinajstić information content (AvgIpc) is 3.26. The Morgan fingerprint density at radius 2 is 1.85 bits per heavy atom. The molecule has 1 amide bonds. The summed E-state index contributed by atoms with van der Waals surface area (Å²) in [5.41, 5.74) is 9.55. The molecule has 3 aromatic carbocycles. The summed E-state index contributed by atoms with van der Waals surface area (Å²) < 4.78 is 7.70. The molecule has 8 heteroatoms. The van der Waals surface area contributed by atoms with Crippen LogP contribution in [-0.4, -0.2) is 20.7 Å². The number of allylic oxidation sites excluding steroid dienone is 1. The Labute approximate surface area is 201 Å². The van der Waals surface area contributed by atoms with Gasteiger partial charge in [0.15, 0.2) is 5.82 Å². The van der Waals surface area contributed by atoms with Gasteiger partial charge in [-0.15, -0.1) is 5.10 Å². The predicted octanol–water partition coefficient (Wildman–Crippen LogP) is 4.95. The number of rotatable bonds is 6. The molecule has 2 heterocycles. The van der Waals surface area contributed by atoms with E-state index in [0.29, 0.717) is 40.4 Å². The Morgan fingerprint density at radius 1 is 1.09 bits per heavy atom. The van der Waals surface area contributed by atoms with Gasteiger partial charge in [0.1, 0.15) is 18.4 Å². The third-order valence-corrected chi connectivity index (χ3v) is 5.89. The lowest BCUT2D eigenvalue weighted by atomic mass is 9.95. The zero-order chi connectivity index (χ0) is 23.7. The lowest BCUT2D eigenvalue weighted by Crippen LogP contribution is -2.31. The van der Waals surface area contributed by atoms with E-state index in [1.807, 2.05) is 73.7 Å². The van der Waals surface area contributed by atoms with Crippen molar-refractivity contribution in [2.45, 2.75) is 19.6 Å². The van der Waals surface area contributed by atoms with Gasteiger partial charge < -0.3 is 15.8 Å². The Balaban J connectivity index is 1.53. The number of carbonyl (C=O) groups is 1. The van der Waals surface area contributed by atoms with E-state index in [1.165, 1.54) is 0 Å². The van der Waals surface area contributed by atoms with E-state index < -0.39 is 11.9 Å². The summed E-state index contributed by atoms with van der Waals surface area (Å²) in [4.78, 5) is 17.1. The molecule has 0 radical (unpaired) electrons. The number of ether oxygens (including phenoxy) is 1. The fraction of sp³-hybridized carbons (Fsp3) is 0.115. The highest BCUT2D eigenvalue weighted by Gasteiger charge is 2.33. The van der Waals surface area contributed by atoms with Crippen molar-refractivity contribution < 1.29 is 9.53 Å². The zero-order valence-corrected chi connectivity index (χ0v) is 19.2. The molecule has 34 heavy (non-hydrogen) atoms. The number of nitrogens with two attached hydrogens (primary N) is 1. The van der Waals surface area contributed by atoms with Gasteiger partial charge in [0.05, 0.1) is 5.57 Å². The van der Waals surface area contributed by atoms with Crippen LogP contribution in [0, 0.1) is 0 Å². The molecule has 0 spiro atoms. The number of carbonyl (C=O) groups excluding carboxylic acids is 1. The number of aromatic nitrogens is 3. The molecule has 1 aliphatic heterocycles. The van der Waals surface area contributed by atoms with E-state index in [0.717, 1.165) is 16.7 Å². The van der Waals surface area contributed by atoms with Crippen molar-refractivity contribution in [1.82, 2.24) is 14.8 Å². The van der Waals surface area contributed by atoms with Gasteiger partial charge in [-0.1, -0.05) is 54.1 Å². The number of hydrogen-bond donors (Lipinski definition) is 2. The van der Waals surface area contributed by atoms with Crippen LogP contribution in [-0.2, 0) is 11.4 Å². The van der Waals surface area contributed by atoms with Crippen LogP contribution in [0.2, 0.25) is 5.02 Å². The van der Waals surface area contributed by atoms with Gasteiger partial charge in [-0.3, -0.25) is 4.79 Å². The summed E-state index contributed by atoms with van der Waals surface area (Å²) in [6.07, 6.45) is 0. The van der Waals surface area contributed by atoms with Crippen LogP contribution in [0.25, 0.3) is 11.4 Å². The van der Waals surface area contributed by atoms with Crippen molar-refractivity contribution in [3.8, 4) is 17.1 Å². The second-order valence-corrected chi connectivity index (χ2v) is 8.42. The summed E-state index contributed by atoms with van der Waals surface area (Å²) in [6.45, 7) is 2.24. The molecule has 3 N–H and O–H groups in total. The highest BCUT2D eigenvalue weighted by molar-refractivity contribution is 6.30. The maximum atomic E-state index is 12.5. The number of amides is 1. The van der Waals surface area contributed by atoms with E-state index >= 15 is 0 Å². The van der Waals surface area contributed by atoms with E-state index in [-0.39, 0.29) is 0 Å². The van der Waals surface area contributed by atoms with E-state index in [1.54, 1.807) is 16.8 Å². The lowest BCUT2D eigenvalue weighted by molar-refractivity contribution is -0.115. The molecule has 1 unspecified atom stereocenters. The number of nitrogens with one attached hydrogen (secondary N) is 1. The molecule has 4 aromatic rings. The number of benzene rings is 3. The third-order valence-electron chi connectivity index (χ3n) is 5.64. The molecule has 0 aliphatic carbocycles. The molecule has 170 valence electrons. The molecular formula is C26H22ClN5O2. The van der Waals surface area contributed by atoms with Crippen molar-refractivity contribution in [1.29, 1.82) is 0 Å². The van der Waals surface area contributed by atoms with Gasteiger partial charge in [0.2, 0.25) is 11.9 Å². The standard InChI is InChI=1S/C26H22ClN5O2/c1-16-22(24(28)33)23(19-8-5-9-21(14-19)34-15-17-6-3-2-4-7-17)32-26(29-16)30-25(31-32)18-10-12-20(27)13-11-18/h2-14,23H,15H2,1H3,(H2,28,33)(H,29,30,31). The minimum absolute atomic E-state index is 0.417. The minimum atomic E-state index is -0.553. The Kier molecular flexibility index (Phi) is 5.77. The van der Waals surface area contributed by atoms with Gasteiger partial charge >= 0.3 is 0 Å². The molecule has 5 rings (SSSR count). The van der Waals surface area contributed by atoms with Crippen LogP contribution in [0.1, 0.15) is 24.1 Å². The molecule has 0 saturated carbocycles. The Hall–Kier alpha value is -4.10. The van der Waals surface area contributed by atoms with Crippen molar-refractivity contribution in [2.75, 3.05) is 5.32 Å². The first kappa shape index (κ1) is 21.7. The largest absolute Gasteiger partial charge is 0.489 e. The number of primary amides is 1. The first-order valence-corrected chi connectivity index (χ1v) is 11.1. The van der Waals surface area contributed by atoms with Crippen LogP contribution in [0.4, 0.5) is 5.95 Å². The molecule has 0 saturated heterocycles. The number of nitrogens with zero attached hydrogens (tertiary/aromatic N) is 3. The van der Waals surface area contributed by atoms with Gasteiger partial charge in [0.25, 0.3) is 0 Å². The van der Waals surface area contributed by atoms with Crippen molar-refractivity contribution in [3.63, 3.8) is 0 Å². The minimum Gasteiger partial charge on any atom is -0.489 e. The Bertz CT molecular complexity index is 1380. The maximum Gasteiger partial charge on any atom is 0.248 e. The molecule has 7 nitrogen and oxygen atoms in total. The van der Waals surface area contributed by atoms with Gasteiger partial charge in [-0.05, 0) is 54.4 Å². The summed E-state index contributed by atoms with van der Waals surface area (Å²) in [5, 5.41) is 8.51. The van der Waals surface area contributed by atoms with Crippen LogP contribution < -0.4 is 15.8 Å². The first-order valence-electron chi connectivity index (χ1n) is 10.8. The fourth-order valence-corrected chi connectivity index (χ4v) is 4.14. The second kappa shape index (κ2) is 9.03. The average molecular weight is 472 g/mol. The van der Waals surface area contributed by atoms with Gasteiger partial charge in [-0.25, -0.2) is 4.68 Å². The highest BCUT2D eigenvalue weighted by Crippen LogP contribution is 2.37.